The number of hydrogen-bond acceptors (Lipinski definition) is 7. The highest BCUT2D eigenvalue weighted by molar-refractivity contribution is 7.99. The van der Waals surface area contributed by atoms with E-state index in [0.717, 1.165) is 0 Å². The molecular weight excluding hydrogens is 254 g/mol. The Morgan fingerprint density at radius 2 is 2.33 bits per heavy atom. The van der Waals surface area contributed by atoms with Gasteiger partial charge in [0, 0.05) is 12.2 Å². The summed E-state index contributed by atoms with van der Waals surface area (Å²) in [5.41, 5.74) is 2.13. The van der Waals surface area contributed by atoms with Crippen molar-refractivity contribution in [3.8, 4) is 0 Å². The molecular formula is C9H13N7OS. The lowest BCUT2D eigenvalue weighted by Gasteiger charge is -2.08. The maximum absolute atomic E-state index is 11.6. The Kier molecular flexibility index (Phi) is 3.63. The van der Waals surface area contributed by atoms with Crippen molar-refractivity contribution in [2.75, 3.05) is 5.43 Å². The van der Waals surface area contributed by atoms with Gasteiger partial charge in [0.1, 0.15) is 5.03 Å². The SMILES string of the molecule is CC(C)n1c(Sc2ccnc(NN)n2)n[nH]c1=O. The Labute approximate surface area is 107 Å². The molecule has 2 heterocycles. The molecule has 0 atom stereocenters. The normalized spacial score (nSPS) is 10.9. The van der Waals surface area contributed by atoms with Crippen LogP contribution >= 0.6 is 11.8 Å². The molecule has 4 N–H and O–H groups in total. The van der Waals surface area contributed by atoms with Gasteiger partial charge in [-0.1, -0.05) is 0 Å². The highest BCUT2D eigenvalue weighted by Gasteiger charge is 2.13. The van der Waals surface area contributed by atoms with Crippen LogP contribution in [0.4, 0.5) is 5.95 Å². The van der Waals surface area contributed by atoms with E-state index in [2.05, 4.69) is 25.6 Å². The molecule has 2 aromatic rings. The van der Waals surface area contributed by atoms with Crippen LogP contribution in [0.25, 0.3) is 0 Å². The molecule has 0 aliphatic heterocycles. The standard InChI is InChI=1S/C9H13N7OS/c1-5(2)16-8(17)14-15-9(16)18-6-3-4-11-7(12-6)13-10/h3-5H,10H2,1-2H3,(H,14,17)(H,11,12,13). The zero-order chi connectivity index (χ0) is 13.1. The number of nitrogens with zero attached hydrogens (tertiary/aromatic N) is 4. The van der Waals surface area contributed by atoms with Gasteiger partial charge in [0.15, 0.2) is 5.16 Å². The molecule has 18 heavy (non-hydrogen) atoms. The summed E-state index contributed by atoms with van der Waals surface area (Å²) in [6.45, 7) is 3.82. The lowest BCUT2D eigenvalue weighted by atomic mass is 10.4. The number of rotatable bonds is 4. The van der Waals surface area contributed by atoms with E-state index in [1.807, 2.05) is 13.8 Å². The number of aromatic amines is 1. The van der Waals surface area contributed by atoms with Crippen molar-refractivity contribution in [1.29, 1.82) is 0 Å². The maximum atomic E-state index is 11.6. The van der Waals surface area contributed by atoms with Crippen molar-refractivity contribution in [3.05, 3.63) is 22.7 Å². The second kappa shape index (κ2) is 5.19. The van der Waals surface area contributed by atoms with Gasteiger partial charge in [-0.2, -0.15) is 0 Å². The number of anilines is 1. The van der Waals surface area contributed by atoms with Crippen molar-refractivity contribution in [2.24, 2.45) is 5.84 Å². The molecule has 0 fully saturated rings. The van der Waals surface area contributed by atoms with E-state index in [1.54, 1.807) is 16.8 Å². The van der Waals surface area contributed by atoms with Gasteiger partial charge in [-0.3, -0.25) is 9.99 Å². The molecule has 0 amide bonds. The summed E-state index contributed by atoms with van der Waals surface area (Å²) in [5.74, 6) is 5.55. The quantitative estimate of drug-likeness (QED) is 0.416. The van der Waals surface area contributed by atoms with Crippen molar-refractivity contribution >= 4 is 17.7 Å². The number of hydrogen-bond donors (Lipinski definition) is 3. The molecule has 0 radical (unpaired) electrons. The van der Waals surface area contributed by atoms with E-state index in [1.165, 1.54) is 11.8 Å². The van der Waals surface area contributed by atoms with E-state index in [-0.39, 0.29) is 11.7 Å². The second-order valence-corrected chi connectivity index (χ2v) is 4.73. The Balaban J connectivity index is 2.31. The molecule has 2 rings (SSSR count). The fourth-order valence-electron chi connectivity index (χ4n) is 1.38. The monoisotopic (exact) mass is 267 g/mol. The van der Waals surface area contributed by atoms with Crippen LogP contribution in [0.15, 0.2) is 27.2 Å². The summed E-state index contributed by atoms with van der Waals surface area (Å²) >= 11 is 1.27. The van der Waals surface area contributed by atoms with Gasteiger partial charge in [-0.15, -0.1) is 5.10 Å². The van der Waals surface area contributed by atoms with Crippen LogP contribution in [0.5, 0.6) is 0 Å². The Bertz CT molecular complexity index is 591. The van der Waals surface area contributed by atoms with E-state index in [0.29, 0.717) is 16.1 Å². The highest BCUT2D eigenvalue weighted by atomic mass is 32.2. The van der Waals surface area contributed by atoms with Gasteiger partial charge in [0.25, 0.3) is 0 Å². The third-order valence-corrected chi connectivity index (χ3v) is 3.05. The molecule has 0 unspecified atom stereocenters. The van der Waals surface area contributed by atoms with Crippen LogP contribution in [0.1, 0.15) is 19.9 Å². The number of aromatic nitrogens is 5. The molecule has 0 aromatic carbocycles. The molecule has 0 saturated heterocycles. The van der Waals surface area contributed by atoms with Gasteiger partial charge in [0.2, 0.25) is 5.95 Å². The summed E-state index contributed by atoms with van der Waals surface area (Å²) in [5, 5.41) is 7.59. The second-order valence-electron chi connectivity index (χ2n) is 3.74. The summed E-state index contributed by atoms with van der Waals surface area (Å²) in [6, 6.07) is 1.74. The third-order valence-electron chi connectivity index (χ3n) is 2.14. The first kappa shape index (κ1) is 12.6. The largest absolute Gasteiger partial charge is 0.344 e. The van der Waals surface area contributed by atoms with Crippen LogP contribution in [0.3, 0.4) is 0 Å². The average molecular weight is 267 g/mol. The van der Waals surface area contributed by atoms with E-state index in [4.69, 9.17) is 5.84 Å². The highest BCUT2D eigenvalue weighted by Crippen LogP contribution is 2.24. The molecule has 0 bridgehead atoms. The average Bonchev–Trinajstić information content (AvgIpc) is 2.70. The van der Waals surface area contributed by atoms with Crippen LogP contribution in [0.2, 0.25) is 0 Å². The van der Waals surface area contributed by atoms with E-state index >= 15 is 0 Å². The molecule has 96 valence electrons. The number of hydrazine groups is 1. The fraction of sp³-hybridized carbons (Fsp3) is 0.333. The fourth-order valence-corrected chi connectivity index (χ4v) is 2.31. The Hall–Kier alpha value is -1.87. The first-order chi connectivity index (χ1) is 8.61. The van der Waals surface area contributed by atoms with E-state index < -0.39 is 0 Å². The lowest BCUT2D eigenvalue weighted by molar-refractivity contribution is 0.534. The number of nitrogens with one attached hydrogen (secondary N) is 2. The molecule has 9 heteroatoms. The Morgan fingerprint density at radius 1 is 1.56 bits per heavy atom. The van der Waals surface area contributed by atoms with Gasteiger partial charge in [-0.05, 0) is 31.7 Å². The van der Waals surface area contributed by atoms with Crippen molar-refractivity contribution < 1.29 is 0 Å². The van der Waals surface area contributed by atoms with Crippen molar-refractivity contribution in [1.82, 2.24) is 24.7 Å². The topological polar surface area (TPSA) is 115 Å². The molecule has 0 aliphatic rings. The zero-order valence-corrected chi connectivity index (χ0v) is 10.7. The predicted octanol–water partition coefficient (Wildman–Crippen LogP) is 0.379. The summed E-state index contributed by atoms with van der Waals surface area (Å²) in [6.07, 6.45) is 1.58. The van der Waals surface area contributed by atoms with Crippen LogP contribution < -0.4 is 17.0 Å². The number of H-pyrrole nitrogens is 1. The van der Waals surface area contributed by atoms with Gasteiger partial charge >= 0.3 is 5.69 Å². The molecule has 0 spiro atoms. The lowest BCUT2D eigenvalue weighted by Crippen LogP contribution is -2.19. The van der Waals surface area contributed by atoms with Crippen molar-refractivity contribution in [3.63, 3.8) is 0 Å². The van der Waals surface area contributed by atoms with Gasteiger partial charge in [-0.25, -0.2) is 25.7 Å². The summed E-state index contributed by atoms with van der Waals surface area (Å²) < 4.78 is 1.56. The third kappa shape index (κ3) is 2.51. The van der Waals surface area contributed by atoms with Gasteiger partial charge in [0.05, 0.1) is 0 Å². The molecule has 0 aliphatic carbocycles. The Morgan fingerprint density at radius 3 is 3.00 bits per heavy atom. The smallest absolute Gasteiger partial charge is 0.292 e. The minimum absolute atomic E-state index is 0.0210. The maximum Gasteiger partial charge on any atom is 0.344 e. The van der Waals surface area contributed by atoms with Crippen LogP contribution in [-0.4, -0.2) is 24.7 Å². The number of nitrogens with two attached hydrogens (primary N) is 1. The minimum Gasteiger partial charge on any atom is -0.292 e. The minimum atomic E-state index is -0.237. The molecule has 0 saturated carbocycles. The van der Waals surface area contributed by atoms with E-state index in [9.17, 15) is 4.79 Å². The number of nitrogen functional groups attached to an aromatic ring is 1. The summed E-state index contributed by atoms with van der Waals surface area (Å²) in [7, 11) is 0. The zero-order valence-electron chi connectivity index (χ0n) is 9.91. The predicted molar refractivity (Wildman–Crippen MR) is 67.2 cm³/mol. The first-order valence-electron chi connectivity index (χ1n) is 5.26. The van der Waals surface area contributed by atoms with Crippen molar-refractivity contribution in [2.45, 2.75) is 30.1 Å². The van der Waals surface area contributed by atoms with Crippen LogP contribution in [0, 0.1) is 0 Å². The summed E-state index contributed by atoms with van der Waals surface area (Å²) in [4.78, 5) is 19.6. The first-order valence-corrected chi connectivity index (χ1v) is 6.08. The van der Waals surface area contributed by atoms with Gasteiger partial charge < -0.3 is 0 Å². The van der Waals surface area contributed by atoms with Crippen LogP contribution in [-0.2, 0) is 0 Å². The molecule has 8 nitrogen and oxygen atoms in total. The molecule has 2 aromatic heterocycles.